The number of nitrogens with zero attached hydrogens (tertiary/aromatic N) is 2. The van der Waals surface area contributed by atoms with E-state index in [0.29, 0.717) is 24.7 Å². The Hall–Kier alpha value is -2.09. The summed E-state index contributed by atoms with van der Waals surface area (Å²) in [6, 6.07) is 5.39. The molecule has 8 heteroatoms. The van der Waals surface area contributed by atoms with Gasteiger partial charge in [0.25, 0.3) is 0 Å². The first-order valence-electron chi connectivity index (χ1n) is 9.18. The van der Waals surface area contributed by atoms with Crippen LogP contribution >= 0.6 is 0 Å². The summed E-state index contributed by atoms with van der Waals surface area (Å²) in [7, 11) is 1.91. The second-order valence-electron chi connectivity index (χ2n) is 7.26. The first-order chi connectivity index (χ1) is 12.8. The van der Waals surface area contributed by atoms with Gasteiger partial charge < -0.3 is 15.1 Å². The topological polar surface area (TPSA) is 52.7 Å². The number of rotatable bonds is 4. The lowest BCUT2D eigenvalue weighted by molar-refractivity contribution is -0.138. The summed E-state index contributed by atoms with van der Waals surface area (Å²) >= 11 is 0. The van der Waals surface area contributed by atoms with Gasteiger partial charge in [-0.3, -0.25) is 9.59 Å². The molecule has 3 rings (SSSR count). The Balaban J connectivity index is 1.60. The molecule has 0 bridgehead atoms. The second-order valence-corrected chi connectivity index (χ2v) is 7.26. The van der Waals surface area contributed by atoms with Gasteiger partial charge in [0.05, 0.1) is 11.5 Å². The molecule has 5 nitrogen and oxygen atoms in total. The van der Waals surface area contributed by atoms with Crippen molar-refractivity contribution >= 4 is 11.8 Å². The molecular weight excluding hydrogens is 359 g/mol. The Morgan fingerprint density at radius 1 is 1.26 bits per heavy atom. The van der Waals surface area contributed by atoms with Crippen LogP contribution in [0.1, 0.15) is 30.4 Å². The lowest BCUT2D eigenvalue weighted by Gasteiger charge is -2.33. The fourth-order valence-electron chi connectivity index (χ4n) is 3.80. The minimum absolute atomic E-state index is 0.0237. The molecule has 0 aromatic heterocycles. The smallest absolute Gasteiger partial charge is 0.342 e. The Labute approximate surface area is 156 Å². The van der Waals surface area contributed by atoms with E-state index in [1.165, 1.54) is 11.0 Å². The van der Waals surface area contributed by atoms with E-state index in [9.17, 15) is 22.8 Å². The van der Waals surface area contributed by atoms with Gasteiger partial charge in [-0.15, -0.1) is 0 Å². The first-order valence-corrected chi connectivity index (χ1v) is 9.18. The second kappa shape index (κ2) is 7.88. The number of amides is 2. The Kier molecular flexibility index (Phi) is 5.74. The molecule has 2 aliphatic heterocycles. The van der Waals surface area contributed by atoms with Crippen LogP contribution < -0.4 is 5.32 Å². The highest BCUT2D eigenvalue weighted by molar-refractivity contribution is 5.89. The predicted molar refractivity (Wildman–Crippen MR) is 93.6 cm³/mol. The van der Waals surface area contributed by atoms with Gasteiger partial charge in [-0.25, -0.2) is 0 Å². The maximum absolute atomic E-state index is 12.8. The summed E-state index contributed by atoms with van der Waals surface area (Å²) in [6.45, 7) is 1.69. The van der Waals surface area contributed by atoms with Gasteiger partial charge in [0.15, 0.2) is 0 Å². The minimum Gasteiger partial charge on any atom is -0.342 e. The third kappa shape index (κ3) is 4.61. The number of piperidine rings is 1. The van der Waals surface area contributed by atoms with E-state index in [1.54, 1.807) is 11.0 Å². The van der Waals surface area contributed by atoms with E-state index in [4.69, 9.17) is 0 Å². The molecule has 27 heavy (non-hydrogen) atoms. The lowest BCUT2D eigenvalue weighted by Crippen LogP contribution is -2.46. The average Bonchev–Trinajstić information content (AvgIpc) is 3.01. The molecule has 2 heterocycles. The Morgan fingerprint density at radius 3 is 2.59 bits per heavy atom. The lowest BCUT2D eigenvalue weighted by atomic mass is 10.0. The van der Waals surface area contributed by atoms with Crippen LogP contribution in [0.2, 0.25) is 0 Å². The van der Waals surface area contributed by atoms with Crippen LogP contribution in [0.25, 0.3) is 0 Å². The van der Waals surface area contributed by atoms with Gasteiger partial charge >= 0.3 is 6.18 Å². The van der Waals surface area contributed by atoms with Crippen molar-refractivity contribution in [1.29, 1.82) is 0 Å². The van der Waals surface area contributed by atoms with Crippen molar-refractivity contribution in [3.05, 3.63) is 35.4 Å². The summed E-state index contributed by atoms with van der Waals surface area (Å²) in [5.74, 6) is -0.616. The summed E-state index contributed by atoms with van der Waals surface area (Å²) in [6.07, 6.45) is -2.51. The molecule has 0 spiro atoms. The standard InChI is InChI=1S/C19H24F3N3O2/c1-23-16-5-7-24(8-6-16)18(27)14-10-17(26)25(12-14)11-13-3-2-4-15(9-13)19(20,21)22/h2-4,9,14,16,23H,5-8,10-12H2,1H3. The molecule has 1 unspecified atom stereocenters. The van der Waals surface area contributed by atoms with Crippen molar-refractivity contribution in [3.8, 4) is 0 Å². The van der Waals surface area contributed by atoms with Crippen molar-refractivity contribution in [2.24, 2.45) is 5.92 Å². The van der Waals surface area contributed by atoms with E-state index in [2.05, 4.69) is 5.32 Å². The molecule has 2 fully saturated rings. The number of hydrogen-bond donors (Lipinski definition) is 1. The normalized spacial score (nSPS) is 21.8. The summed E-state index contributed by atoms with van der Waals surface area (Å²) < 4.78 is 38.5. The summed E-state index contributed by atoms with van der Waals surface area (Å²) in [5.41, 5.74) is -0.312. The number of nitrogens with one attached hydrogen (secondary N) is 1. The van der Waals surface area contributed by atoms with Gasteiger partial charge in [-0.05, 0) is 37.6 Å². The molecule has 0 radical (unpaired) electrons. The molecule has 2 amide bonds. The summed E-state index contributed by atoms with van der Waals surface area (Å²) in [5, 5.41) is 3.21. The fraction of sp³-hybridized carbons (Fsp3) is 0.579. The van der Waals surface area contributed by atoms with E-state index in [0.717, 1.165) is 25.0 Å². The van der Waals surface area contributed by atoms with Crippen molar-refractivity contribution in [1.82, 2.24) is 15.1 Å². The van der Waals surface area contributed by atoms with E-state index in [-0.39, 0.29) is 31.3 Å². The van der Waals surface area contributed by atoms with E-state index < -0.39 is 17.7 Å². The number of hydrogen-bond acceptors (Lipinski definition) is 3. The zero-order valence-electron chi connectivity index (χ0n) is 15.3. The highest BCUT2D eigenvalue weighted by atomic mass is 19.4. The third-order valence-electron chi connectivity index (χ3n) is 5.41. The van der Waals surface area contributed by atoms with Crippen molar-refractivity contribution < 1.29 is 22.8 Å². The van der Waals surface area contributed by atoms with Crippen LogP contribution in [0.4, 0.5) is 13.2 Å². The molecule has 1 N–H and O–H groups in total. The van der Waals surface area contributed by atoms with Gasteiger partial charge in [-0.2, -0.15) is 13.2 Å². The number of carbonyl (C=O) groups is 2. The molecule has 0 saturated carbocycles. The molecule has 1 atom stereocenters. The van der Waals surface area contributed by atoms with Gasteiger partial charge in [-0.1, -0.05) is 12.1 Å². The molecule has 2 saturated heterocycles. The molecular formula is C19H24F3N3O2. The largest absolute Gasteiger partial charge is 0.416 e. The fourth-order valence-corrected chi connectivity index (χ4v) is 3.80. The zero-order valence-corrected chi connectivity index (χ0v) is 15.3. The number of alkyl halides is 3. The molecule has 2 aliphatic rings. The van der Waals surface area contributed by atoms with Gasteiger partial charge in [0.2, 0.25) is 11.8 Å². The van der Waals surface area contributed by atoms with Gasteiger partial charge in [0, 0.05) is 38.6 Å². The third-order valence-corrected chi connectivity index (χ3v) is 5.41. The van der Waals surface area contributed by atoms with Crippen LogP contribution in [-0.2, 0) is 22.3 Å². The quantitative estimate of drug-likeness (QED) is 0.868. The van der Waals surface area contributed by atoms with Gasteiger partial charge in [0.1, 0.15) is 0 Å². The van der Waals surface area contributed by atoms with E-state index >= 15 is 0 Å². The maximum atomic E-state index is 12.8. The SMILES string of the molecule is CNC1CCN(C(=O)C2CC(=O)N(Cc3cccc(C(F)(F)F)c3)C2)CC1. The number of halogens is 3. The van der Waals surface area contributed by atoms with Crippen LogP contribution in [0.15, 0.2) is 24.3 Å². The molecule has 148 valence electrons. The van der Waals surface area contributed by atoms with Crippen LogP contribution in [-0.4, -0.2) is 54.3 Å². The minimum atomic E-state index is -4.41. The van der Waals surface area contributed by atoms with Crippen LogP contribution in [0, 0.1) is 5.92 Å². The van der Waals surface area contributed by atoms with E-state index in [1.807, 2.05) is 7.05 Å². The van der Waals surface area contributed by atoms with Crippen LogP contribution in [0.5, 0.6) is 0 Å². The summed E-state index contributed by atoms with van der Waals surface area (Å²) in [4.78, 5) is 28.3. The van der Waals surface area contributed by atoms with Crippen molar-refractivity contribution in [2.75, 3.05) is 26.7 Å². The number of likely N-dealkylation sites (tertiary alicyclic amines) is 2. The Morgan fingerprint density at radius 2 is 1.96 bits per heavy atom. The molecule has 0 aliphatic carbocycles. The average molecular weight is 383 g/mol. The predicted octanol–water partition coefficient (Wildman–Crippen LogP) is 2.26. The van der Waals surface area contributed by atoms with Crippen LogP contribution in [0.3, 0.4) is 0 Å². The monoisotopic (exact) mass is 383 g/mol. The Bertz CT molecular complexity index is 700. The maximum Gasteiger partial charge on any atom is 0.416 e. The number of benzene rings is 1. The molecule has 1 aromatic rings. The highest BCUT2D eigenvalue weighted by Crippen LogP contribution is 2.30. The molecule has 1 aromatic carbocycles. The zero-order chi connectivity index (χ0) is 19.6. The van der Waals surface area contributed by atoms with Crippen molar-refractivity contribution in [2.45, 2.75) is 38.0 Å². The highest BCUT2D eigenvalue weighted by Gasteiger charge is 2.37. The number of carbonyl (C=O) groups excluding carboxylic acids is 2. The van der Waals surface area contributed by atoms with Crippen molar-refractivity contribution in [3.63, 3.8) is 0 Å². The first kappa shape index (κ1) is 19.7.